The lowest BCUT2D eigenvalue weighted by Crippen LogP contribution is -2.42. The van der Waals surface area contributed by atoms with Gasteiger partial charge in [-0.25, -0.2) is 0 Å². The maximum absolute atomic E-state index is 10.9. The van der Waals surface area contributed by atoms with Crippen LogP contribution in [0.1, 0.15) is 258 Å². The Hall–Kier alpha value is -7.07. The second-order valence-electron chi connectivity index (χ2n) is 35.6. The van der Waals surface area contributed by atoms with E-state index in [9.17, 15) is 20.1 Å². The van der Waals surface area contributed by atoms with Crippen molar-refractivity contribution in [2.45, 2.75) is 235 Å². The number of hydrogen-bond donors (Lipinski definition) is 5. The summed E-state index contributed by atoms with van der Waals surface area (Å²) in [4.78, 5) is 54.8. The maximum atomic E-state index is 10.9. The molecule has 20 heteroatoms. The molecule has 7 aliphatic heterocycles. The standard InChI is InChI=1S/C18H29N3O.C16H26N2O.2C15H24N2O.C14H20N2O2.C14H22N2O/c1-15(2)18-4-3-17(13-19-18)21-7-5-16(6-8-21)14-20-9-11-22-12-10-20;1-12(2)15-6-5-14(11-17-15)18-9-7-13(8-10-18)16(3,4)19;1-12(2)14-5-4-13(10-16-14)17-8-6-15(3,11-18)7-9-17;1-11(2)15-5-4-14(10-16-15)17-8-6-13(7-9-17)12(3)18;1-10(2)13-4-3-12(9-15-13)16-7-5-11(6-8-16)14(17)18;1-11(2)14-4-3-13(9-15-14)16-7-5-12(10-17)6-8-16/h3-4,13,15-16H,5-12,14H2,1-2H3;5-6,11-13,19H,7-10H2,1-4H3;4-5,10,12,18H,6-9,11H2,1-3H3;4-5,10-13,18H,6-9H2,1-3H3;3-4,9-11H,5-8H2,1-2H3,(H,17,18);3-4,9,11-12,17H,5-8,10H2,1-2H3. The molecule has 6 aromatic rings. The number of morpholine rings is 1. The van der Waals surface area contributed by atoms with Crippen molar-refractivity contribution in [3.63, 3.8) is 0 Å². The molecule has 0 bridgehead atoms. The minimum atomic E-state index is -0.664. The van der Waals surface area contributed by atoms with Crippen molar-refractivity contribution in [3.8, 4) is 0 Å². The van der Waals surface area contributed by atoms with Gasteiger partial charge < -0.3 is 59.7 Å². The molecule has 0 amide bonds. The number of anilines is 6. The molecule has 0 aromatic carbocycles. The van der Waals surface area contributed by atoms with Crippen LogP contribution in [0.15, 0.2) is 110 Å². The van der Waals surface area contributed by atoms with E-state index in [4.69, 9.17) is 14.9 Å². The maximum Gasteiger partial charge on any atom is 0.306 e. The van der Waals surface area contributed by atoms with Crippen LogP contribution in [0.4, 0.5) is 34.1 Å². The van der Waals surface area contributed by atoms with Gasteiger partial charge in [0.1, 0.15) is 0 Å². The first kappa shape index (κ1) is 90.5. The SMILES string of the molecule is CC(C)c1ccc(N2CCC(C(=O)O)CC2)cn1.CC(C)c1ccc(N2CCC(C(C)(C)O)CC2)cn1.CC(C)c1ccc(N2CCC(C(C)O)CC2)cn1.CC(C)c1ccc(N2CCC(C)(CO)CC2)cn1.CC(C)c1ccc(N2CCC(CN3CCOCC3)CC2)cn1.CC(C)c1ccc(N2CCC(CO)CC2)cn1. The number of aromatic nitrogens is 6. The monoisotopic (exact) mass is 1540 g/mol. The minimum Gasteiger partial charge on any atom is -0.481 e. The van der Waals surface area contributed by atoms with E-state index >= 15 is 0 Å². The lowest BCUT2D eigenvalue weighted by atomic mass is 9.81. The van der Waals surface area contributed by atoms with E-state index in [1.807, 2.05) is 51.8 Å². The van der Waals surface area contributed by atoms with E-state index < -0.39 is 11.6 Å². The average Bonchev–Trinajstić information content (AvgIpc) is 0.861. The number of aliphatic hydroxyl groups excluding tert-OH is 3. The molecule has 1 atom stereocenters. The van der Waals surface area contributed by atoms with Crippen LogP contribution in [-0.2, 0) is 9.53 Å². The number of aliphatic hydroxyl groups is 4. The van der Waals surface area contributed by atoms with Crippen molar-refractivity contribution in [2.75, 3.05) is 154 Å². The van der Waals surface area contributed by atoms with E-state index in [1.165, 1.54) is 53.5 Å². The number of carboxylic acids is 1. The molecule has 0 radical (unpaired) electrons. The molecule has 7 saturated heterocycles. The van der Waals surface area contributed by atoms with E-state index in [0.717, 1.165) is 209 Å². The van der Waals surface area contributed by atoms with E-state index in [-0.39, 0.29) is 17.4 Å². The topological polar surface area (TPSA) is 227 Å². The summed E-state index contributed by atoms with van der Waals surface area (Å²) < 4.78 is 5.43. The molecular formula is C92H145N13O7. The van der Waals surface area contributed by atoms with Crippen molar-refractivity contribution in [3.05, 3.63) is 144 Å². The van der Waals surface area contributed by atoms with Gasteiger partial charge in [0.15, 0.2) is 0 Å². The van der Waals surface area contributed by atoms with Crippen LogP contribution >= 0.6 is 0 Å². The lowest BCUT2D eigenvalue weighted by Gasteiger charge is -2.39. The Morgan fingerprint density at radius 2 is 0.696 bits per heavy atom. The first-order valence-corrected chi connectivity index (χ1v) is 42.9. The Kier molecular flexibility index (Phi) is 36.1. The predicted molar refractivity (Wildman–Crippen MR) is 461 cm³/mol. The van der Waals surface area contributed by atoms with Gasteiger partial charge in [-0.3, -0.25) is 39.6 Å². The van der Waals surface area contributed by atoms with Crippen LogP contribution in [0.25, 0.3) is 0 Å². The van der Waals surface area contributed by atoms with Gasteiger partial charge in [-0.05, 0) is 235 Å². The summed E-state index contributed by atoms with van der Waals surface area (Å²) in [6.45, 7) is 51.9. The Bertz CT molecular complexity index is 3560. The smallest absolute Gasteiger partial charge is 0.306 e. The van der Waals surface area contributed by atoms with Gasteiger partial charge in [-0.2, -0.15) is 0 Å². The number of carbonyl (C=O) groups is 1. The number of pyridine rings is 6. The van der Waals surface area contributed by atoms with Crippen molar-refractivity contribution >= 4 is 40.1 Å². The van der Waals surface area contributed by atoms with Crippen molar-refractivity contribution in [1.29, 1.82) is 0 Å². The zero-order valence-corrected chi connectivity index (χ0v) is 71.6. The molecule has 6 aromatic heterocycles. The fourth-order valence-corrected chi connectivity index (χ4v) is 15.8. The lowest BCUT2D eigenvalue weighted by molar-refractivity contribution is -0.142. The quantitative estimate of drug-likeness (QED) is 0.0508. The Morgan fingerprint density at radius 3 is 0.946 bits per heavy atom. The summed E-state index contributed by atoms with van der Waals surface area (Å²) in [6.07, 6.45) is 24.3. The van der Waals surface area contributed by atoms with Gasteiger partial charge in [-0.15, -0.1) is 0 Å². The molecule has 0 spiro atoms. The van der Waals surface area contributed by atoms with Crippen molar-refractivity contribution < 1.29 is 35.1 Å². The highest BCUT2D eigenvalue weighted by Crippen LogP contribution is 2.35. The van der Waals surface area contributed by atoms with Crippen LogP contribution in [0, 0.1) is 35.0 Å². The van der Waals surface area contributed by atoms with Crippen molar-refractivity contribution in [2.24, 2.45) is 35.0 Å². The van der Waals surface area contributed by atoms with Crippen LogP contribution in [0.3, 0.4) is 0 Å². The third-order valence-corrected chi connectivity index (χ3v) is 24.4. The highest BCUT2D eigenvalue weighted by Gasteiger charge is 2.33. The largest absolute Gasteiger partial charge is 0.481 e. The van der Waals surface area contributed by atoms with Gasteiger partial charge in [0.2, 0.25) is 0 Å². The molecule has 20 nitrogen and oxygen atoms in total. The molecule has 7 fully saturated rings. The third kappa shape index (κ3) is 28.4. The Morgan fingerprint density at radius 1 is 0.420 bits per heavy atom. The molecule has 620 valence electrons. The van der Waals surface area contributed by atoms with Gasteiger partial charge >= 0.3 is 5.97 Å². The summed E-state index contributed by atoms with van der Waals surface area (Å²) in [5, 5.41) is 47.1. The molecule has 0 aliphatic carbocycles. The fourth-order valence-electron chi connectivity index (χ4n) is 15.8. The second kappa shape index (κ2) is 44.7. The van der Waals surface area contributed by atoms with Crippen LogP contribution in [-0.4, -0.2) is 203 Å². The number of hydrogen-bond acceptors (Lipinski definition) is 19. The van der Waals surface area contributed by atoms with Crippen LogP contribution < -0.4 is 29.4 Å². The number of carboxylic acid groups (broad SMARTS) is 1. The summed E-state index contributed by atoms with van der Waals surface area (Å²) in [5.74, 6) is 4.26. The minimum absolute atomic E-state index is 0.113. The van der Waals surface area contributed by atoms with Gasteiger partial charge in [-0.1, -0.05) is 90.0 Å². The summed E-state index contributed by atoms with van der Waals surface area (Å²) in [5.41, 5.74) is 13.7. The molecule has 7 aliphatic rings. The summed E-state index contributed by atoms with van der Waals surface area (Å²) in [7, 11) is 0. The van der Waals surface area contributed by atoms with Crippen LogP contribution in [0.5, 0.6) is 0 Å². The number of piperidine rings is 6. The van der Waals surface area contributed by atoms with E-state index in [0.29, 0.717) is 66.5 Å². The van der Waals surface area contributed by atoms with Crippen LogP contribution in [0.2, 0.25) is 0 Å². The number of rotatable bonds is 19. The van der Waals surface area contributed by atoms with E-state index in [1.54, 1.807) is 0 Å². The van der Waals surface area contributed by atoms with Crippen molar-refractivity contribution in [1.82, 2.24) is 34.8 Å². The average molecular weight is 1550 g/mol. The summed E-state index contributed by atoms with van der Waals surface area (Å²) >= 11 is 0. The summed E-state index contributed by atoms with van der Waals surface area (Å²) in [6, 6.07) is 25.8. The fraction of sp³-hybridized carbons (Fsp3) is 0.663. The zero-order valence-electron chi connectivity index (χ0n) is 71.6. The predicted octanol–water partition coefficient (Wildman–Crippen LogP) is 16.5. The molecule has 13 heterocycles. The number of ether oxygens (including phenoxy) is 1. The molecule has 112 heavy (non-hydrogen) atoms. The molecular weight excluding hydrogens is 1400 g/mol. The second-order valence-corrected chi connectivity index (χ2v) is 35.6. The van der Waals surface area contributed by atoms with Gasteiger partial charge in [0.05, 0.1) is 102 Å². The number of aliphatic carboxylic acids is 1. The van der Waals surface area contributed by atoms with E-state index in [2.05, 4.69) is 233 Å². The Labute approximate surface area is 674 Å². The zero-order chi connectivity index (χ0) is 81.1. The molecule has 1 unspecified atom stereocenters. The Balaban J connectivity index is 0.000000169. The highest BCUT2D eigenvalue weighted by molar-refractivity contribution is 5.70. The first-order chi connectivity index (χ1) is 53.5. The molecule has 5 N–H and O–H groups in total. The number of nitrogens with zero attached hydrogens (tertiary/aromatic N) is 13. The first-order valence-electron chi connectivity index (χ1n) is 42.9. The highest BCUT2D eigenvalue weighted by atomic mass is 16.5. The molecule has 0 saturated carbocycles. The van der Waals surface area contributed by atoms with Gasteiger partial charge in [0, 0.05) is 146 Å². The third-order valence-electron chi connectivity index (χ3n) is 24.4. The molecule has 13 rings (SSSR count). The van der Waals surface area contributed by atoms with Gasteiger partial charge in [0.25, 0.3) is 0 Å². The normalized spacial score (nSPS) is 18.9.